The number of hydrogen-bond acceptors (Lipinski definition) is 5. The molecule has 0 bridgehead atoms. The minimum atomic E-state index is -1.33. The Bertz CT molecular complexity index is 553. The summed E-state index contributed by atoms with van der Waals surface area (Å²) in [5, 5.41) is 30.2. The van der Waals surface area contributed by atoms with Crippen molar-refractivity contribution in [2.24, 2.45) is 0 Å². The van der Waals surface area contributed by atoms with Gasteiger partial charge in [0.1, 0.15) is 6.04 Å². The van der Waals surface area contributed by atoms with Crippen molar-refractivity contribution < 1.29 is 39.3 Å². The van der Waals surface area contributed by atoms with Gasteiger partial charge in [-0.25, -0.2) is 14.4 Å². The molecule has 0 aromatic rings. The van der Waals surface area contributed by atoms with Gasteiger partial charge >= 0.3 is 17.9 Å². The van der Waals surface area contributed by atoms with E-state index in [2.05, 4.69) is 10.6 Å². The first-order valence-corrected chi connectivity index (χ1v) is 6.85. The molecule has 10 nitrogen and oxygen atoms in total. The van der Waals surface area contributed by atoms with Crippen molar-refractivity contribution in [3.05, 3.63) is 24.3 Å². The van der Waals surface area contributed by atoms with E-state index in [0.717, 1.165) is 6.08 Å². The van der Waals surface area contributed by atoms with Crippen LogP contribution in [0.25, 0.3) is 0 Å². The van der Waals surface area contributed by atoms with E-state index in [1.807, 2.05) is 0 Å². The van der Waals surface area contributed by atoms with Crippen molar-refractivity contribution in [3.63, 3.8) is 0 Å². The number of hydrogen-bond donors (Lipinski definition) is 5. The Morgan fingerprint density at radius 3 is 1.83 bits per heavy atom. The van der Waals surface area contributed by atoms with E-state index in [9.17, 15) is 24.0 Å². The van der Waals surface area contributed by atoms with Crippen LogP contribution in [-0.2, 0) is 24.0 Å². The minimum Gasteiger partial charge on any atom is -0.480 e. The van der Waals surface area contributed by atoms with Gasteiger partial charge in [-0.1, -0.05) is 0 Å². The molecule has 0 aliphatic rings. The molecule has 0 unspecified atom stereocenters. The molecular formula is C14H18N2O8. The third-order valence-corrected chi connectivity index (χ3v) is 2.59. The van der Waals surface area contributed by atoms with Gasteiger partial charge in [0.15, 0.2) is 0 Å². The second kappa shape index (κ2) is 11.4. The quantitative estimate of drug-likeness (QED) is 0.238. The SMILES string of the molecule is O=C(O)/C=C\C(=O)NCCCC[C@H](NC(=O)/C=C\C(=O)O)C(=O)O. The van der Waals surface area contributed by atoms with Crippen LogP contribution in [0.2, 0.25) is 0 Å². The first-order chi connectivity index (χ1) is 11.2. The van der Waals surface area contributed by atoms with Gasteiger partial charge in [-0.15, -0.1) is 0 Å². The first kappa shape index (κ1) is 20.8. The highest BCUT2D eigenvalue weighted by atomic mass is 16.4. The predicted octanol–water partition coefficient (Wildman–Crippen LogP) is -0.876. The molecule has 1 atom stereocenters. The van der Waals surface area contributed by atoms with Gasteiger partial charge in [-0.3, -0.25) is 9.59 Å². The fourth-order valence-corrected chi connectivity index (χ4v) is 1.52. The Hall–Kier alpha value is -3.17. The molecule has 132 valence electrons. The highest BCUT2D eigenvalue weighted by Crippen LogP contribution is 2.01. The average molecular weight is 342 g/mol. The van der Waals surface area contributed by atoms with E-state index in [4.69, 9.17) is 15.3 Å². The topological polar surface area (TPSA) is 170 Å². The van der Waals surface area contributed by atoms with Crippen molar-refractivity contribution in [3.8, 4) is 0 Å². The van der Waals surface area contributed by atoms with Crippen molar-refractivity contribution in [2.75, 3.05) is 6.54 Å². The minimum absolute atomic E-state index is 0.0861. The zero-order valence-corrected chi connectivity index (χ0v) is 12.6. The molecule has 0 heterocycles. The standard InChI is InChI=1S/C14H18N2O8/c17-10(4-6-12(19)20)15-8-2-1-3-9(14(23)24)16-11(18)5-7-13(21)22/h4-7,9H,1-3,8H2,(H,15,17)(H,16,18)(H,19,20)(H,21,22)(H,23,24)/b6-4-,7-5-/t9-/m0/s1. The van der Waals surface area contributed by atoms with E-state index < -0.39 is 35.8 Å². The molecule has 0 saturated heterocycles. The average Bonchev–Trinajstić information content (AvgIpc) is 2.49. The van der Waals surface area contributed by atoms with Gasteiger partial charge in [-0.2, -0.15) is 0 Å². The summed E-state index contributed by atoms with van der Waals surface area (Å²) in [7, 11) is 0. The third-order valence-electron chi connectivity index (χ3n) is 2.59. The van der Waals surface area contributed by atoms with Crippen LogP contribution < -0.4 is 10.6 Å². The number of carboxylic acid groups (broad SMARTS) is 3. The van der Waals surface area contributed by atoms with Crippen molar-refractivity contribution in [1.82, 2.24) is 10.6 Å². The largest absolute Gasteiger partial charge is 0.480 e. The van der Waals surface area contributed by atoms with E-state index in [1.54, 1.807) is 0 Å². The molecular weight excluding hydrogens is 324 g/mol. The molecule has 24 heavy (non-hydrogen) atoms. The summed E-state index contributed by atoms with van der Waals surface area (Å²) >= 11 is 0. The monoisotopic (exact) mass is 342 g/mol. The molecule has 0 radical (unpaired) electrons. The Labute approximate surface area is 136 Å². The molecule has 0 aromatic carbocycles. The molecule has 10 heteroatoms. The Kier molecular flexibility index (Phi) is 9.90. The first-order valence-electron chi connectivity index (χ1n) is 6.85. The predicted molar refractivity (Wildman–Crippen MR) is 80.0 cm³/mol. The molecule has 0 rings (SSSR count). The van der Waals surface area contributed by atoms with Gasteiger partial charge < -0.3 is 26.0 Å². The number of carbonyl (C=O) groups is 5. The van der Waals surface area contributed by atoms with Crippen LogP contribution in [0.4, 0.5) is 0 Å². The Morgan fingerprint density at radius 2 is 1.33 bits per heavy atom. The van der Waals surface area contributed by atoms with Crippen LogP contribution in [0.5, 0.6) is 0 Å². The molecule has 5 N–H and O–H groups in total. The van der Waals surface area contributed by atoms with Gasteiger partial charge in [0.25, 0.3) is 0 Å². The number of amides is 2. The van der Waals surface area contributed by atoms with Crippen LogP contribution in [0.1, 0.15) is 19.3 Å². The van der Waals surface area contributed by atoms with Crippen LogP contribution in [-0.4, -0.2) is 57.6 Å². The van der Waals surface area contributed by atoms with E-state index in [1.165, 1.54) is 0 Å². The number of rotatable bonds is 11. The number of carbonyl (C=O) groups excluding carboxylic acids is 2. The maximum atomic E-state index is 11.3. The highest BCUT2D eigenvalue weighted by Gasteiger charge is 2.18. The zero-order valence-electron chi connectivity index (χ0n) is 12.6. The van der Waals surface area contributed by atoms with E-state index in [-0.39, 0.29) is 13.0 Å². The van der Waals surface area contributed by atoms with Crippen LogP contribution in [0, 0.1) is 0 Å². The summed E-state index contributed by atoms with van der Waals surface area (Å²) in [4.78, 5) is 53.9. The fourth-order valence-electron chi connectivity index (χ4n) is 1.52. The smallest absolute Gasteiger partial charge is 0.328 e. The van der Waals surface area contributed by atoms with Gasteiger partial charge in [0.05, 0.1) is 0 Å². The maximum Gasteiger partial charge on any atom is 0.328 e. The Morgan fingerprint density at radius 1 is 0.792 bits per heavy atom. The van der Waals surface area contributed by atoms with E-state index in [0.29, 0.717) is 31.1 Å². The second-order valence-electron chi connectivity index (χ2n) is 4.53. The molecule has 0 aliphatic heterocycles. The fraction of sp³-hybridized carbons (Fsp3) is 0.357. The lowest BCUT2D eigenvalue weighted by molar-refractivity contribution is -0.141. The van der Waals surface area contributed by atoms with Crippen LogP contribution >= 0.6 is 0 Å². The number of unbranched alkanes of at least 4 members (excludes halogenated alkanes) is 1. The molecule has 0 aromatic heterocycles. The summed E-state index contributed by atoms with van der Waals surface area (Å²) in [5.74, 6) is -5.26. The van der Waals surface area contributed by atoms with E-state index >= 15 is 0 Å². The van der Waals surface area contributed by atoms with Crippen molar-refractivity contribution in [1.29, 1.82) is 0 Å². The molecule has 2 amide bonds. The number of aliphatic carboxylic acids is 3. The highest BCUT2D eigenvalue weighted by molar-refractivity contribution is 5.95. The van der Waals surface area contributed by atoms with Gasteiger partial charge in [0.2, 0.25) is 11.8 Å². The summed E-state index contributed by atoms with van der Waals surface area (Å²) < 4.78 is 0. The number of nitrogens with one attached hydrogen (secondary N) is 2. The van der Waals surface area contributed by atoms with Crippen LogP contribution in [0.15, 0.2) is 24.3 Å². The summed E-state index contributed by atoms with van der Waals surface area (Å²) in [6.45, 7) is 0.210. The van der Waals surface area contributed by atoms with Crippen LogP contribution in [0.3, 0.4) is 0 Å². The molecule has 0 fully saturated rings. The Balaban J connectivity index is 4.12. The molecule has 0 spiro atoms. The lowest BCUT2D eigenvalue weighted by atomic mass is 10.1. The maximum absolute atomic E-state index is 11.3. The molecule has 0 saturated carbocycles. The third kappa shape index (κ3) is 11.5. The van der Waals surface area contributed by atoms with Gasteiger partial charge in [-0.05, 0) is 19.3 Å². The summed E-state index contributed by atoms with van der Waals surface area (Å²) in [5.41, 5.74) is 0. The van der Waals surface area contributed by atoms with Crippen molar-refractivity contribution >= 4 is 29.7 Å². The summed E-state index contributed by atoms with van der Waals surface area (Å²) in [6.07, 6.45) is 3.72. The number of carboxylic acids is 3. The normalized spacial score (nSPS) is 12.0. The van der Waals surface area contributed by atoms with Crippen molar-refractivity contribution in [2.45, 2.75) is 25.3 Å². The second-order valence-corrected chi connectivity index (χ2v) is 4.53. The zero-order chi connectivity index (χ0) is 18.5. The molecule has 0 aliphatic carbocycles. The lowest BCUT2D eigenvalue weighted by Gasteiger charge is -2.13. The summed E-state index contributed by atoms with van der Waals surface area (Å²) in [6, 6.07) is -1.18. The lowest BCUT2D eigenvalue weighted by Crippen LogP contribution is -2.40. The van der Waals surface area contributed by atoms with Gasteiger partial charge in [0, 0.05) is 30.8 Å².